The van der Waals surface area contributed by atoms with Gasteiger partial charge in [-0.25, -0.2) is 8.42 Å². The van der Waals surface area contributed by atoms with Crippen LogP contribution in [-0.4, -0.2) is 67.2 Å². The van der Waals surface area contributed by atoms with Gasteiger partial charge in [0.25, 0.3) is 0 Å². The molecular weight excluding hydrogens is 316 g/mol. The molecule has 0 aromatic heterocycles. The van der Waals surface area contributed by atoms with Crippen molar-refractivity contribution in [3.63, 3.8) is 0 Å². The lowest BCUT2D eigenvalue weighted by Gasteiger charge is -2.48. The Morgan fingerprint density at radius 1 is 1.17 bits per heavy atom. The van der Waals surface area contributed by atoms with Gasteiger partial charge in [-0.3, -0.25) is 4.79 Å². The Labute approximate surface area is 140 Å². The molecule has 0 radical (unpaired) electrons. The van der Waals surface area contributed by atoms with E-state index in [4.69, 9.17) is 4.74 Å². The molecule has 0 unspecified atom stereocenters. The first kappa shape index (κ1) is 18.7. The maximum atomic E-state index is 13.1. The van der Waals surface area contributed by atoms with Gasteiger partial charge in [0.2, 0.25) is 15.9 Å². The maximum Gasteiger partial charge on any atom is 0.228 e. The molecule has 1 aliphatic carbocycles. The monoisotopic (exact) mass is 346 g/mol. The second kappa shape index (κ2) is 5.70. The molecule has 1 amide bonds. The van der Waals surface area contributed by atoms with Gasteiger partial charge in [-0.15, -0.1) is 0 Å². The SMILES string of the molecule is COCC1(S(=O)(=O)N2CCN(C(=O)C(C)(C)C)CC2(C)C)CC1. The van der Waals surface area contributed by atoms with Crippen molar-refractivity contribution >= 4 is 15.9 Å². The molecule has 0 bridgehead atoms. The van der Waals surface area contributed by atoms with Crippen molar-refractivity contribution in [2.45, 2.75) is 57.7 Å². The normalized spacial score (nSPS) is 24.5. The highest BCUT2D eigenvalue weighted by molar-refractivity contribution is 7.90. The van der Waals surface area contributed by atoms with Gasteiger partial charge in [-0.2, -0.15) is 4.31 Å². The molecule has 23 heavy (non-hydrogen) atoms. The van der Waals surface area contributed by atoms with Gasteiger partial charge in [-0.1, -0.05) is 20.8 Å². The molecule has 0 spiro atoms. The molecule has 0 atom stereocenters. The van der Waals surface area contributed by atoms with Crippen molar-refractivity contribution in [3.8, 4) is 0 Å². The van der Waals surface area contributed by atoms with Crippen molar-refractivity contribution in [2.75, 3.05) is 33.4 Å². The van der Waals surface area contributed by atoms with Gasteiger partial charge >= 0.3 is 0 Å². The van der Waals surface area contributed by atoms with Crippen molar-refractivity contribution in [3.05, 3.63) is 0 Å². The fourth-order valence-corrected chi connectivity index (χ4v) is 5.73. The van der Waals surface area contributed by atoms with E-state index in [0.717, 1.165) is 0 Å². The van der Waals surface area contributed by atoms with Crippen LogP contribution in [0.15, 0.2) is 0 Å². The van der Waals surface area contributed by atoms with E-state index >= 15 is 0 Å². The highest BCUT2D eigenvalue weighted by atomic mass is 32.2. The summed E-state index contributed by atoms with van der Waals surface area (Å²) < 4.78 is 32.2. The molecule has 2 rings (SSSR count). The molecule has 1 saturated carbocycles. The molecule has 0 N–H and O–H groups in total. The smallest absolute Gasteiger partial charge is 0.228 e. The molecule has 0 aromatic carbocycles. The quantitative estimate of drug-likeness (QED) is 0.773. The first-order chi connectivity index (χ1) is 10.4. The largest absolute Gasteiger partial charge is 0.383 e. The van der Waals surface area contributed by atoms with E-state index in [1.165, 1.54) is 0 Å². The molecular formula is C16H30N2O4S. The molecule has 7 heteroatoms. The first-order valence-corrected chi connectivity index (χ1v) is 9.62. The third-order valence-corrected chi connectivity index (χ3v) is 7.68. The lowest BCUT2D eigenvalue weighted by atomic mass is 9.92. The Morgan fingerprint density at radius 3 is 2.13 bits per heavy atom. The van der Waals surface area contributed by atoms with Gasteiger partial charge < -0.3 is 9.64 Å². The molecule has 1 saturated heterocycles. The lowest BCUT2D eigenvalue weighted by Crippen LogP contribution is -2.64. The standard InChI is InChI=1S/C16H30N2O4S/c1-14(2,3)13(19)17-9-10-18(15(4,5)11-17)23(20,21)16(7-8-16)12-22-6/h7-12H2,1-6H3. The van der Waals surface area contributed by atoms with E-state index in [2.05, 4.69) is 0 Å². The van der Waals surface area contributed by atoms with Crippen LogP contribution in [0.5, 0.6) is 0 Å². The van der Waals surface area contributed by atoms with Crippen LogP contribution < -0.4 is 0 Å². The average Bonchev–Trinajstić information content (AvgIpc) is 3.17. The minimum atomic E-state index is -3.43. The number of sulfonamides is 1. The number of carbonyl (C=O) groups excluding carboxylic acids is 1. The van der Waals surface area contributed by atoms with E-state index in [-0.39, 0.29) is 12.5 Å². The fraction of sp³-hybridized carbons (Fsp3) is 0.938. The summed E-state index contributed by atoms with van der Waals surface area (Å²) in [4.78, 5) is 14.3. The highest BCUT2D eigenvalue weighted by Crippen LogP contribution is 2.47. The third kappa shape index (κ3) is 3.28. The van der Waals surface area contributed by atoms with Gasteiger partial charge in [-0.05, 0) is 26.7 Å². The summed E-state index contributed by atoms with van der Waals surface area (Å²) in [5, 5.41) is 0. The number of rotatable bonds is 4. The predicted molar refractivity (Wildman–Crippen MR) is 89.6 cm³/mol. The van der Waals surface area contributed by atoms with Crippen LogP contribution in [0.3, 0.4) is 0 Å². The van der Waals surface area contributed by atoms with E-state index in [9.17, 15) is 13.2 Å². The van der Waals surface area contributed by atoms with Crippen molar-refractivity contribution in [1.29, 1.82) is 0 Å². The summed E-state index contributed by atoms with van der Waals surface area (Å²) >= 11 is 0. The zero-order chi connectivity index (χ0) is 17.7. The Morgan fingerprint density at radius 2 is 1.74 bits per heavy atom. The average molecular weight is 346 g/mol. The fourth-order valence-electron chi connectivity index (χ4n) is 3.35. The van der Waals surface area contributed by atoms with Crippen LogP contribution in [0.25, 0.3) is 0 Å². The molecule has 134 valence electrons. The highest BCUT2D eigenvalue weighted by Gasteiger charge is 2.60. The molecule has 2 fully saturated rings. The molecule has 1 heterocycles. The van der Waals surface area contributed by atoms with Crippen molar-refractivity contribution in [1.82, 2.24) is 9.21 Å². The molecule has 2 aliphatic rings. The van der Waals surface area contributed by atoms with Gasteiger partial charge in [0, 0.05) is 37.7 Å². The number of ether oxygens (including phenoxy) is 1. The number of carbonyl (C=O) groups is 1. The Hall–Kier alpha value is -0.660. The van der Waals surface area contributed by atoms with Crippen molar-refractivity contribution in [2.24, 2.45) is 5.41 Å². The lowest BCUT2D eigenvalue weighted by molar-refractivity contribution is -0.143. The second-order valence-electron chi connectivity index (χ2n) is 8.48. The van der Waals surface area contributed by atoms with E-state index in [0.29, 0.717) is 32.5 Å². The zero-order valence-electron chi connectivity index (χ0n) is 15.2. The Bertz CT molecular complexity index is 573. The minimum absolute atomic E-state index is 0.0700. The maximum absolute atomic E-state index is 13.1. The number of piperazine rings is 1. The number of hydrogen-bond donors (Lipinski definition) is 0. The summed E-state index contributed by atoms with van der Waals surface area (Å²) in [7, 11) is -1.89. The zero-order valence-corrected chi connectivity index (χ0v) is 16.0. The van der Waals surface area contributed by atoms with Crippen molar-refractivity contribution < 1.29 is 17.9 Å². The molecule has 6 nitrogen and oxygen atoms in total. The first-order valence-electron chi connectivity index (χ1n) is 8.18. The number of nitrogens with zero attached hydrogens (tertiary/aromatic N) is 2. The molecule has 1 aliphatic heterocycles. The van der Waals surface area contributed by atoms with Crippen LogP contribution in [0.1, 0.15) is 47.5 Å². The summed E-state index contributed by atoms with van der Waals surface area (Å²) in [5.74, 6) is 0.0700. The summed E-state index contributed by atoms with van der Waals surface area (Å²) in [6.07, 6.45) is 1.31. The van der Waals surface area contributed by atoms with Crippen LogP contribution in [-0.2, 0) is 19.6 Å². The van der Waals surface area contributed by atoms with Crippen LogP contribution in [0.4, 0.5) is 0 Å². The summed E-state index contributed by atoms with van der Waals surface area (Å²) in [5.41, 5.74) is -1.06. The predicted octanol–water partition coefficient (Wildman–Crippen LogP) is 1.46. The van der Waals surface area contributed by atoms with E-state index in [1.807, 2.05) is 34.6 Å². The molecule has 0 aromatic rings. The third-order valence-electron chi connectivity index (χ3n) is 4.81. The summed E-state index contributed by atoms with van der Waals surface area (Å²) in [6, 6.07) is 0. The number of amides is 1. The Kier molecular flexibility index (Phi) is 4.63. The van der Waals surface area contributed by atoms with Gasteiger partial charge in [0.15, 0.2) is 0 Å². The van der Waals surface area contributed by atoms with Gasteiger partial charge in [0.05, 0.1) is 6.61 Å². The van der Waals surface area contributed by atoms with Crippen LogP contribution in [0.2, 0.25) is 0 Å². The number of methoxy groups -OCH3 is 1. The van der Waals surface area contributed by atoms with E-state index < -0.39 is 25.7 Å². The summed E-state index contributed by atoms with van der Waals surface area (Å²) in [6.45, 7) is 10.9. The minimum Gasteiger partial charge on any atom is -0.383 e. The van der Waals surface area contributed by atoms with Gasteiger partial charge in [0.1, 0.15) is 4.75 Å². The second-order valence-corrected chi connectivity index (χ2v) is 10.7. The van der Waals surface area contributed by atoms with E-state index in [1.54, 1.807) is 16.3 Å². The topological polar surface area (TPSA) is 66.9 Å². The van der Waals surface area contributed by atoms with Crippen LogP contribution in [0, 0.1) is 5.41 Å². The number of hydrogen-bond acceptors (Lipinski definition) is 4. The van der Waals surface area contributed by atoms with Crippen LogP contribution >= 0.6 is 0 Å². The Balaban J connectivity index is 2.20.